The molecule has 1 N–H and O–H groups in total. The Hall–Kier alpha value is -3.74. The summed E-state index contributed by atoms with van der Waals surface area (Å²) in [5.41, 5.74) is 3.20. The molecule has 0 aliphatic heterocycles. The molecule has 2 aromatic heterocycles. The van der Waals surface area contributed by atoms with Crippen LogP contribution in [-0.2, 0) is 0 Å². The zero-order valence-electron chi connectivity index (χ0n) is 14.8. The molecule has 0 spiro atoms. The number of amides is 1. The molecule has 0 bridgehead atoms. The first kappa shape index (κ1) is 16.7. The molecule has 0 saturated heterocycles. The van der Waals surface area contributed by atoms with Crippen molar-refractivity contribution < 1.29 is 13.9 Å². The maximum absolute atomic E-state index is 12.3. The minimum atomic E-state index is -0.442. The fourth-order valence-electron chi connectivity index (χ4n) is 2.79. The van der Waals surface area contributed by atoms with Gasteiger partial charge in [-0.15, -0.1) is 0 Å². The molecule has 7 heteroatoms. The van der Waals surface area contributed by atoms with E-state index in [1.165, 1.54) is 12.4 Å². The van der Waals surface area contributed by atoms with E-state index < -0.39 is 5.91 Å². The molecule has 0 aliphatic rings. The first-order valence-corrected chi connectivity index (χ1v) is 8.28. The number of hydrogen-bond acceptors (Lipinski definition) is 6. The van der Waals surface area contributed by atoms with Crippen LogP contribution in [0.2, 0.25) is 0 Å². The van der Waals surface area contributed by atoms with E-state index in [1.54, 1.807) is 14.0 Å². The molecule has 0 atom stereocenters. The van der Waals surface area contributed by atoms with Crippen LogP contribution in [0.4, 0.5) is 5.82 Å². The molecular weight excluding hydrogens is 344 g/mol. The van der Waals surface area contributed by atoms with Gasteiger partial charge in [0.05, 0.1) is 19.5 Å². The van der Waals surface area contributed by atoms with Crippen LogP contribution in [0.1, 0.15) is 16.4 Å². The van der Waals surface area contributed by atoms with Crippen molar-refractivity contribution in [3.05, 3.63) is 66.5 Å². The van der Waals surface area contributed by atoms with E-state index in [0.717, 1.165) is 11.1 Å². The summed E-state index contributed by atoms with van der Waals surface area (Å²) < 4.78 is 10.7. The van der Waals surface area contributed by atoms with Crippen LogP contribution in [-0.4, -0.2) is 28.0 Å². The number of aryl methyl sites for hydroxylation is 1. The van der Waals surface area contributed by atoms with Gasteiger partial charge in [0, 0.05) is 12.5 Å². The van der Waals surface area contributed by atoms with Gasteiger partial charge in [-0.1, -0.05) is 30.3 Å². The Morgan fingerprint density at radius 2 is 1.85 bits per heavy atom. The summed E-state index contributed by atoms with van der Waals surface area (Å²) in [5, 5.41) is 2.67. The molecular formula is C20H16N4O3. The van der Waals surface area contributed by atoms with Gasteiger partial charge in [0.15, 0.2) is 11.7 Å². The van der Waals surface area contributed by atoms with Gasteiger partial charge in [0.25, 0.3) is 5.91 Å². The Morgan fingerprint density at radius 3 is 2.56 bits per heavy atom. The molecule has 4 rings (SSSR count). The second-order valence-electron chi connectivity index (χ2n) is 5.83. The zero-order valence-corrected chi connectivity index (χ0v) is 14.8. The molecule has 1 amide bonds. The van der Waals surface area contributed by atoms with Crippen molar-refractivity contribution in [2.45, 2.75) is 6.92 Å². The normalized spacial score (nSPS) is 10.7. The predicted octanol–water partition coefficient (Wildman–Crippen LogP) is 3.85. The first-order chi connectivity index (χ1) is 13.2. The Bertz CT molecular complexity index is 1120. The van der Waals surface area contributed by atoms with Gasteiger partial charge in [0.2, 0.25) is 5.76 Å². The lowest BCUT2D eigenvalue weighted by molar-refractivity contribution is 0.0995. The van der Waals surface area contributed by atoms with Crippen molar-refractivity contribution in [2.75, 3.05) is 12.4 Å². The van der Waals surface area contributed by atoms with Crippen LogP contribution in [0.3, 0.4) is 0 Å². The number of carbonyl (C=O) groups is 1. The molecule has 0 unspecified atom stereocenters. The highest BCUT2D eigenvalue weighted by Gasteiger charge is 2.15. The van der Waals surface area contributed by atoms with Crippen LogP contribution in [0.5, 0.6) is 5.75 Å². The molecule has 7 nitrogen and oxygen atoms in total. The average Bonchev–Trinajstić information content (AvgIpc) is 3.14. The van der Waals surface area contributed by atoms with E-state index in [9.17, 15) is 4.79 Å². The SMILES string of the molecule is COc1ccc(-c2ccccc2)c2ncc(NC(=O)c3cnc(C)o3)nc12. The van der Waals surface area contributed by atoms with Crippen molar-refractivity contribution in [3.8, 4) is 16.9 Å². The van der Waals surface area contributed by atoms with Crippen LogP contribution in [0.25, 0.3) is 22.2 Å². The molecule has 0 aliphatic carbocycles. The number of aromatic nitrogens is 3. The Balaban J connectivity index is 1.76. The maximum atomic E-state index is 12.3. The second-order valence-corrected chi connectivity index (χ2v) is 5.83. The van der Waals surface area contributed by atoms with E-state index in [1.807, 2.05) is 42.5 Å². The van der Waals surface area contributed by atoms with E-state index in [2.05, 4.69) is 20.3 Å². The summed E-state index contributed by atoms with van der Waals surface area (Å²) in [6.07, 6.45) is 2.88. The number of benzene rings is 2. The third kappa shape index (κ3) is 3.22. The standard InChI is InChI=1S/C20H16N4O3/c1-12-21-10-16(27-12)20(25)24-17-11-22-18-14(13-6-4-3-5-7-13)8-9-15(26-2)19(18)23-17/h3-11H,1-2H3,(H,23,24,25). The Morgan fingerprint density at radius 1 is 1.04 bits per heavy atom. The molecule has 27 heavy (non-hydrogen) atoms. The molecule has 2 aromatic carbocycles. The number of oxazole rings is 1. The van der Waals surface area contributed by atoms with Crippen molar-refractivity contribution in [1.29, 1.82) is 0 Å². The van der Waals surface area contributed by atoms with Gasteiger partial charge in [-0.3, -0.25) is 4.79 Å². The molecule has 134 valence electrons. The molecule has 4 aromatic rings. The third-order valence-electron chi connectivity index (χ3n) is 4.05. The lowest BCUT2D eigenvalue weighted by Crippen LogP contribution is -2.12. The van der Waals surface area contributed by atoms with Gasteiger partial charge < -0.3 is 14.5 Å². The van der Waals surface area contributed by atoms with Crippen molar-refractivity contribution in [2.24, 2.45) is 0 Å². The minimum absolute atomic E-state index is 0.111. The van der Waals surface area contributed by atoms with Crippen LogP contribution >= 0.6 is 0 Å². The lowest BCUT2D eigenvalue weighted by Gasteiger charge is -2.11. The summed E-state index contributed by atoms with van der Waals surface area (Å²) in [7, 11) is 1.57. The summed E-state index contributed by atoms with van der Waals surface area (Å²) in [6, 6.07) is 13.7. The second kappa shape index (κ2) is 6.87. The molecule has 2 heterocycles. The number of fused-ring (bicyclic) bond motifs is 1. The molecule has 0 saturated carbocycles. The first-order valence-electron chi connectivity index (χ1n) is 8.28. The Labute approximate surface area is 155 Å². The van der Waals surface area contributed by atoms with Gasteiger partial charge in [0.1, 0.15) is 16.8 Å². The number of nitrogens with zero attached hydrogens (tertiary/aromatic N) is 3. The highest BCUT2D eigenvalue weighted by Crippen LogP contribution is 2.32. The summed E-state index contributed by atoms with van der Waals surface area (Å²) in [5.74, 6) is 0.953. The lowest BCUT2D eigenvalue weighted by atomic mass is 10.0. The Kier molecular flexibility index (Phi) is 4.25. The fourth-order valence-corrected chi connectivity index (χ4v) is 2.79. The topological polar surface area (TPSA) is 90.1 Å². The van der Waals surface area contributed by atoms with E-state index >= 15 is 0 Å². The maximum Gasteiger partial charge on any atom is 0.294 e. The number of hydrogen-bond donors (Lipinski definition) is 1. The summed E-state index contributed by atoms with van der Waals surface area (Å²) in [6.45, 7) is 1.67. The van der Waals surface area contributed by atoms with Gasteiger partial charge in [-0.05, 0) is 17.7 Å². The van der Waals surface area contributed by atoms with Crippen LogP contribution in [0, 0.1) is 6.92 Å². The predicted molar refractivity (Wildman–Crippen MR) is 101 cm³/mol. The largest absolute Gasteiger partial charge is 0.494 e. The highest BCUT2D eigenvalue weighted by molar-refractivity contribution is 6.02. The van der Waals surface area contributed by atoms with Crippen molar-refractivity contribution in [1.82, 2.24) is 15.0 Å². The van der Waals surface area contributed by atoms with Crippen LogP contribution < -0.4 is 10.1 Å². The third-order valence-corrected chi connectivity index (χ3v) is 4.05. The number of ether oxygens (including phenoxy) is 1. The number of rotatable bonds is 4. The van der Waals surface area contributed by atoms with Gasteiger partial charge in [-0.25, -0.2) is 15.0 Å². The number of nitrogens with one attached hydrogen (secondary N) is 1. The van der Waals surface area contributed by atoms with Gasteiger partial charge in [-0.2, -0.15) is 0 Å². The minimum Gasteiger partial charge on any atom is -0.494 e. The van der Waals surface area contributed by atoms with E-state index in [4.69, 9.17) is 9.15 Å². The van der Waals surface area contributed by atoms with E-state index in [-0.39, 0.29) is 5.76 Å². The average molecular weight is 360 g/mol. The smallest absolute Gasteiger partial charge is 0.294 e. The molecule has 0 fully saturated rings. The number of carbonyl (C=O) groups excluding carboxylic acids is 1. The van der Waals surface area contributed by atoms with Gasteiger partial charge >= 0.3 is 0 Å². The number of methoxy groups -OCH3 is 1. The highest BCUT2D eigenvalue weighted by atomic mass is 16.5. The summed E-state index contributed by atoms with van der Waals surface area (Å²) >= 11 is 0. The van der Waals surface area contributed by atoms with E-state index in [0.29, 0.717) is 28.5 Å². The van der Waals surface area contributed by atoms with Crippen molar-refractivity contribution in [3.63, 3.8) is 0 Å². The van der Waals surface area contributed by atoms with Crippen molar-refractivity contribution >= 4 is 22.8 Å². The zero-order chi connectivity index (χ0) is 18.8. The monoisotopic (exact) mass is 360 g/mol. The fraction of sp³-hybridized carbons (Fsp3) is 0.100. The molecule has 0 radical (unpaired) electrons. The summed E-state index contributed by atoms with van der Waals surface area (Å²) in [4.78, 5) is 25.2. The van der Waals surface area contributed by atoms with Crippen LogP contribution in [0.15, 0.2) is 59.3 Å². The quantitative estimate of drug-likeness (QED) is 0.594. The number of anilines is 1.